The average Bonchev–Trinajstić information content (AvgIpc) is 3.10. The summed E-state index contributed by atoms with van der Waals surface area (Å²) in [5, 5.41) is 20.6. The van der Waals surface area contributed by atoms with Crippen LogP contribution in [0.4, 0.5) is 0 Å². The highest BCUT2D eigenvalue weighted by Gasteiger charge is 2.21. The van der Waals surface area contributed by atoms with Crippen LogP contribution in [0.15, 0.2) is 35.8 Å². The molecule has 0 aliphatic carbocycles. The molecule has 6 nitrogen and oxygen atoms in total. The zero-order valence-corrected chi connectivity index (χ0v) is 12.0. The molecule has 0 amide bonds. The Kier molecular flexibility index (Phi) is 3.56. The first kappa shape index (κ1) is 14.2. The van der Waals surface area contributed by atoms with Crippen LogP contribution >= 0.6 is 11.3 Å². The van der Waals surface area contributed by atoms with E-state index in [2.05, 4.69) is 4.98 Å². The first-order valence-corrected chi connectivity index (χ1v) is 7.21. The number of aliphatic carboxylic acids is 1. The maximum absolute atomic E-state index is 11.3. The van der Waals surface area contributed by atoms with E-state index in [0.717, 1.165) is 27.8 Å². The van der Waals surface area contributed by atoms with Crippen LogP contribution in [0, 0.1) is 0 Å². The minimum Gasteiger partial charge on any atom is -0.479 e. The standard InChI is InChI=1S/C15H11NO5S/c17-12(18)6-21-13-10(7-22-14(13)15(19)20)8-1-2-11-9(5-8)3-4-16-11/h1-5,7,16H,6H2,(H,17,18)(H,19,20). The maximum atomic E-state index is 11.3. The second kappa shape index (κ2) is 5.53. The number of carboxylic acids is 2. The normalized spacial score (nSPS) is 10.7. The minimum absolute atomic E-state index is 0.00887. The number of nitrogens with one attached hydrogen (secondary N) is 1. The number of ether oxygens (including phenoxy) is 1. The lowest BCUT2D eigenvalue weighted by Crippen LogP contribution is -2.11. The van der Waals surface area contributed by atoms with E-state index in [9.17, 15) is 14.7 Å². The predicted molar refractivity (Wildman–Crippen MR) is 81.7 cm³/mol. The molecule has 22 heavy (non-hydrogen) atoms. The fraction of sp³-hybridized carbons (Fsp3) is 0.0667. The molecule has 3 N–H and O–H groups in total. The van der Waals surface area contributed by atoms with E-state index >= 15 is 0 Å². The van der Waals surface area contributed by atoms with Gasteiger partial charge in [-0.05, 0) is 29.1 Å². The van der Waals surface area contributed by atoms with Crippen molar-refractivity contribution in [2.45, 2.75) is 0 Å². The monoisotopic (exact) mass is 317 g/mol. The average molecular weight is 317 g/mol. The van der Waals surface area contributed by atoms with E-state index in [1.807, 2.05) is 30.5 Å². The molecule has 0 bridgehead atoms. The van der Waals surface area contributed by atoms with Crippen LogP contribution in [0.3, 0.4) is 0 Å². The van der Waals surface area contributed by atoms with Gasteiger partial charge in [-0.1, -0.05) is 6.07 Å². The highest BCUT2D eigenvalue weighted by Crippen LogP contribution is 2.39. The van der Waals surface area contributed by atoms with Gasteiger partial charge in [0.05, 0.1) is 0 Å². The van der Waals surface area contributed by atoms with Gasteiger partial charge in [0.1, 0.15) is 0 Å². The summed E-state index contributed by atoms with van der Waals surface area (Å²) < 4.78 is 5.20. The summed E-state index contributed by atoms with van der Waals surface area (Å²) in [5.74, 6) is -2.20. The van der Waals surface area contributed by atoms with E-state index in [4.69, 9.17) is 9.84 Å². The smallest absolute Gasteiger partial charge is 0.349 e. The lowest BCUT2D eigenvalue weighted by Gasteiger charge is -2.07. The Morgan fingerprint density at radius 2 is 2.05 bits per heavy atom. The molecule has 2 aromatic heterocycles. The minimum atomic E-state index is -1.16. The van der Waals surface area contributed by atoms with Gasteiger partial charge in [-0.2, -0.15) is 0 Å². The molecule has 112 valence electrons. The van der Waals surface area contributed by atoms with Gasteiger partial charge in [0.2, 0.25) is 0 Å². The van der Waals surface area contributed by atoms with Crippen LogP contribution in [0.1, 0.15) is 9.67 Å². The van der Waals surface area contributed by atoms with E-state index in [1.54, 1.807) is 5.38 Å². The highest BCUT2D eigenvalue weighted by molar-refractivity contribution is 7.12. The van der Waals surface area contributed by atoms with Crippen LogP contribution in [-0.2, 0) is 4.79 Å². The zero-order chi connectivity index (χ0) is 15.7. The van der Waals surface area contributed by atoms with Gasteiger partial charge in [0.25, 0.3) is 0 Å². The van der Waals surface area contributed by atoms with Crippen molar-refractivity contribution in [2.24, 2.45) is 0 Å². The van der Waals surface area contributed by atoms with Gasteiger partial charge < -0.3 is 19.9 Å². The fourth-order valence-corrected chi connectivity index (χ4v) is 3.05. The van der Waals surface area contributed by atoms with Gasteiger partial charge >= 0.3 is 11.9 Å². The van der Waals surface area contributed by atoms with Crippen molar-refractivity contribution in [1.82, 2.24) is 4.98 Å². The number of benzene rings is 1. The summed E-state index contributed by atoms with van der Waals surface area (Å²) in [7, 11) is 0. The number of fused-ring (bicyclic) bond motifs is 1. The molecular weight excluding hydrogens is 306 g/mol. The molecule has 2 heterocycles. The SMILES string of the molecule is O=C(O)COc1c(-c2ccc3[nH]ccc3c2)csc1C(=O)O. The first-order valence-electron chi connectivity index (χ1n) is 6.33. The molecule has 0 radical (unpaired) electrons. The van der Waals surface area contributed by atoms with Gasteiger partial charge in [-0.15, -0.1) is 11.3 Å². The summed E-state index contributed by atoms with van der Waals surface area (Å²) in [6, 6.07) is 7.51. The first-order chi connectivity index (χ1) is 10.6. The molecule has 0 saturated carbocycles. The fourth-order valence-electron chi connectivity index (χ4n) is 2.19. The zero-order valence-electron chi connectivity index (χ0n) is 11.2. The van der Waals surface area contributed by atoms with Gasteiger partial charge in [-0.3, -0.25) is 0 Å². The van der Waals surface area contributed by atoms with E-state index in [0.29, 0.717) is 5.56 Å². The summed E-state index contributed by atoms with van der Waals surface area (Å²) in [5.41, 5.74) is 2.31. The molecule has 3 aromatic rings. The molecular formula is C15H11NO5S. The van der Waals surface area contributed by atoms with Crippen molar-refractivity contribution in [3.8, 4) is 16.9 Å². The number of carboxylic acid groups (broad SMARTS) is 2. The van der Waals surface area contributed by atoms with Crippen molar-refractivity contribution < 1.29 is 24.5 Å². The predicted octanol–water partition coefficient (Wildman–Crippen LogP) is 3.06. The number of rotatable bonds is 5. The van der Waals surface area contributed by atoms with Crippen LogP contribution in [-0.4, -0.2) is 33.7 Å². The number of aromatic carboxylic acids is 1. The van der Waals surface area contributed by atoms with E-state index in [-0.39, 0.29) is 10.6 Å². The van der Waals surface area contributed by atoms with Crippen molar-refractivity contribution in [1.29, 1.82) is 0 Å². The molecule has 1 aromatic carbocycles. The molecule has 0 aliphatic rings. The molecule has 7 heteroatoms. The van der Waals surface area contributed by atoms with Gasteiger partial charge in [0, 0.05) is 22.7 Å². The second-order valence-electron chi connectivity index (χ2n) is 4.57. The third-order valence-electron chi connectivity index (χ3n) is 3.14. The largest absolute Gasteiger partial charge is 0.479 e. The Hall–Kier alpha value is -2.80. The second-order valence-corrected chi connectivity index (χ2v) is 5.45. The van der Waals surface area contributed by atoms with Crippen molar-refractivity contribution in [3.05, 3.63) is 40.7 Å². The third kappa shape index (κ3) is 2.53. The summed E-state index contributed by atoms with van der Waals surface area (Å²) in [4.78, 5) is 25.0. The Morgan fingerprint density at radius 1 is 1.23 bits per heavy atom. The number of hydrogen-bond donors (Lipinski definition) is 3. The molecule has 0 aliphatic heterocycles. The van der Waals surface area contributed by atoms with Crippen molar-refractivity contribution in [2.75, 3.05) is 6.61 Å². The molecule has 0 spiro atoms. The lowest BCUT2D eigenvalue weighted by molar-refractivity contribution is -0.139. The third-order valence-corrected chi connectivity index (χ3v) is 4.09. The Labute approximate surface area is 128 Å². The molecule has 0 unspecified atom stereocenters. The quantitative estimate of drug-likeness (QED) is 0.671. The molecule has 0 saturated heterocycles. The number of aromatic amines is 1. The molecule has 3 rings (SSSR count). The summed E-state index contributed by atoms with van der Waals surface area (Å²) in [6.45, 7) is -0.587. The Bertz CT molecular complexity index is 864. The van der Waals surface area contributed by atoms with Crippen LogP contribution in [0.2, 0.25) is 0 Å². The van der Waals surface area contributed by atoms with Gasteiger partial charge in [0.15, 0.2) is 17.2 Å². The number of thiophene rings is 1. The van der Waals surface area contributed by atoms with Gasteiger partial charge in [-0.25, -0.2) is 9.59 Å². The number of H-pyrrole nitrogens is 1. The van der Waals surface area contributed by atoms with E-state index < -0.39 is 18.5 Å². The van der Waals surface area contributed by atoms with Crippen LogP contribution in [0.5, 0.6) is 5.75 Å². The Balaban J connectivity index is 2.08. The topological polar surface area (TPSA) is 99.6 Å². The number of carbonyl (C=O) groups is 2. The molecule has 0 fully saturated rings. The van der Waals surface area contributed by atoms with Crippen LogP contribution in [0.25, 0.3) is 22.0 Å². The number of aromatic nitrogens is 1. The number of hydrogen-bond acceptors (Lipinski definition) is 4. The van der Waals surface area contributed by atoms with Crippen LogP contribution < -0.4 is 4.74 Å². The van der Waals surface area contributed by atoms with Crippen molar-refractivity contribution >= 4 is 34.2 Å². The highest BCUT2D eigenvalue weighted by atomic mass is 32.1. The lowest BCUT2D eigenvalue weighted by atomic mass is 10.1. The summed E-state index contributed by atoms with van der Waals surface area (Å²) in [6.07, 6.45) is 1.81. The molecule has 0 atom stereocenters. The maximum Gasteiger partial charge on any atom is 0.349 e. The van der Waals surface area contributed by atoms with E-state index in [1.165, 1.54) is 0 Å². The Morgan fingerprint density at radius 3 is 2.77 bits per heavy atom. The summed E-state index contributed by atoms with van der Waals surface area (Å²) >= 11 is 1.01. The van der Waals surface area contributed by atoms with Crippen molar-refractivity contribution in [3.63, 3.8) is 0 Å².